The van der Waals surface area contributed by atoms with E-state index >= 15 is 0 Å². The molecule has 49 heavy (non-hydrogen) atoms. The lowest BCUT2D eigenvalue weighted by molar-refractivity contribution is -0.142. The van der Waals surface area contributed by atoms with Crippen molar-refractivity contribution < 1.29 is 29.4 Å². The summed E-state index contributed by atoms with van der Waals surface area (Å²) in [6.07, 6.45) is 2.46. The first-order valence-corrected chi connectivity index (χ1v) is 15.7. The van der Waals surface area contributed by atoms with Crippen LogP contribution in [0, 0.1) is 0 Å². The minimum Gasteiger partial charge on any atom is -0.508 e. The second-order valence-corrected chi connectivity index (χ2v) is 11.5. The predicted molar refractivity (Wildman–Crippen MR) is 185 cm³/mol. The molecule has 0 bridgehead atoms. The molecule has 0 saturated carbocycles. The average Bonchev–Trinajstić information content (AvgIpc) is 3.46. The number of aromatic hydroxyl groups is 1. The molecule has 1 heterocycles. The molecule has 3 amide bonds. The number of amides is 3. The highest BCUT2D eigenvalue weighted by molar-refractivity contribution is 5.94. The summed E-state index contributed by atoms with van der Waals surface area (Å²) in [4.78, 5) is 63.5. The smallest absolute Gasteiger partial charge is 0.326 e. The molecular weight excluding hydrogens is 634 g/mol. The zero-order valence-electron chi connectivity index (χ0n) is 27.0. The van der Waals surface area contributed by atoms with Crippen LogP contribution in [-0.4, -0.2) is 88.1 Å². The molecule has 0 radical (unpaired) electrons. The zero-order chi connectivity index (χ0) is 35.9. The fourth-order valence-electron chi connectivity index (χ4n) is 5.07. The van der Waals surface area contributed by atoms with Gasteiger partial charge < -0.3 is 59.8 Å². The van der Waals surface area contributed by atoms with Crippen LogP contribution in [0.25, 0.3) is 10.9 Å². The Kier molecular flexibility index (Phi) is 14.2. The van der Waals surface area contributed by atoms with E-state index in [9.17, 15) is 29.4 Å². The second-order valence-electron chi connectivity index (χ2n) is 11.5. The third-order valence-corrected chi connectivity index (χ3v) is 7.60. The SMILES string of the molecule is NC(N)=NCCC[C@H](NC(=O)[C@H](CCCN=C(N)N)NC(=O)[C@@H](N)Cc1ccc(O)cc1)C(=O)N[C@@H](Cc1c[nH]c2ccccc12)C(=O)O. The topological polar surface area (TPSA) is 315 Å². The van der Waals surface area contributed by atoms with Crippen molar-refractivity contribution in [2.45, 2.75) is 62.7 Å². The molecule has 17 nitrogen and oxygen atoms in total. The molecule has 3 rings (SSSR count). The number of carbonyl (C=O) groups is 4. The Morgan fingerprint density at radius 1 is 0.735 bits per heavy atom. The summed E-state index contributed by atoms with van der Waals surface area (Å²) >= 11 is 0. The van der Waals surface area contributed by atoms with Crippen LogP contribution in [0.4, 0.5) is 0 Å². The number of phenols is 1. The number of nitrogens with one attached hydrogen (secondary N) is 4. The third kappa shape index (κ3) is 12.4. The molecule has 17 heteroatoms. The van der Waals surface area contributed by atoms with Gasteiger partial charge in [0.05, 0.1) is 6.04 Å². The fraction of sp³-hybridized carbons (Fsp3) is 0.375. The quantitative estimate of drug-likeness (QED) is 0.0399. The Morgan fingerprint density at radius 2 is 1.27 bits per heavy atom. The van der Waals surface area contributed by atoms with Gasteiger partial charge in [-0.2, -0.15) is 0 Å². The number of para-hydroxylation sites is 1. The first-order valence-electron chi connectivity index (χ1n) is 15.7. The number of fused-ring (bicyclic) bond motifs is 1. The summed E-state index contributed by atoms with van der Waals surface area (Å²) in [5, 5.41) is 28.2. The van der Waals surface area contributed by atoms with E-state index in [1.807, 2.05) is 24.3 Å². The molecule has 0 fully saturated rings. The Balaban J connectivity index is 1.77. The minimum atomic E-state index is -1.32. The Morgan fingerprint density at radius 3 is 1.82 bits per heavy atom. The monoisotopic (exact) mass is 679 g/mol. The number of hydrogen-bond donors (Lipinski definition) is 11. The molecule has 0 saturated heterocycles. The van der Waals surface area contributed by atoms with Crippen molar-refractivity contribution >= 4 is 46.5 Å². The van der Waals surface area contributed by atoms with E-state index in [2.05, 4.69) is 30.9 Å². The standard InChI is InChI=1S/C32H45N11O6/c33-22(15-18-9-11-20(44)12-10-18)27(45)41-24(7-3-13-38-31(34)35)28(46)42-25(8-4-14-39-32(36)37)29(47)43-26(30(48)49)16-19-17-40-23-6-2-1-5-21(19)23/h1-2,5-6,9-12,17,22,24-26,40,44H,3-4,7-8,13-16,33H2,(H,41,45)(H,42,46)(H,43,47)(H,48,49)(H4,34,35,38)(H4,36,37,39)/t22-,24-,25-,26-/m0/s1. The van der Waals surface area contributed by atoms with Crippen molar-refractivity contribution in [1.82, 2.24) is 20.9 Å². The van der Waals surface area contributed by atoms with Crippen LogP contribution in [0.2, 0.25) is 0 Å². The van der Waals surface area contributed by atoms with Crippen molar-refractivity contribution in [1.29, 1.82) is 0 Å². The van der Waals surface area contributed by atoms with Crippen molar-refractivity contribution in [3.8, 4) is 5.75 Å². The number of carbonyl (C=O) groups excluding carboxylic acids is 3. The number of nitrogens with zero attached hydrogens (tertiary/aromatic N) is 2. The number of rotatable bonds is 19. The maximum Gasteiger partial charge on any atom is 0.326 e. The van der Waals surface area contributed by atoms with E-state index in [-0.39, 0.29) is 69.3 Å². The zero-order valence-corrected chi connectivity index (χ0v) is 27.0. The maximum absolute atomic E-state index is 13.7. The lowest BCUT2D eigenvalue weighted by Crippen LogP contribution is -2.57. The minimum absolute atomic E-state index is 0.0256. The summed E-state index contributed by atoms with van der Waals surface area (Å²) in [7, 11) is 0. The number of aliphatic imine (C=N–C) groups is 2. The number of carboxylic acids is 1. The number of guanidine groups is 2. The lowest BCUT2D eigenvalue weighted by Gasteiger charge is -2.25. The molecule has 2 aromatic carbocycles. The summed E-state index contributed by atoms with van der Waals surface area (Å²) < 4.78 is 0. The van der Waals surface area contributed by atoms with Gasteiger partial charge in [-0.05, 0) is 61.4 Å². The molecule has 0 aliphatic carbocycles. The van der Waals surface area contributed by atoms with Gasteiger partial charge in [0, 0.05) is 36.6 Å². The number of nitrogens with two attached hydrogens (primary N) is 5. The van der Waals surface area contributed by atoms with Gasteiger partial charge in [0.1, 0.15) is 23.9 Å². The van der Waals surface area contributed by atoms with Gasteiger partial charge in [-0.15, -0.1) is 0 Å². The summed E-state index contributed by atoms with van der Waals surface area (Å²) in [6, 6.07) is 8.80. The van der Waals surface area contributed by atoms with E-state index in [0.717, 1.165) is 10.9 Å². The van der Waals surface area contributed by atoms with Gasteiger partial charge in [-0.25, -0.2) is 4.79 Å². The van der Waals surface area contributed by atoms with Crippen molar-refractivity contribution in [3.63, 3.8) is 0 Å². The van der Waals surface area contributed by atoms with Gasteiger partial charge in [0.15, 0.2) is 11.9 Å². The van der Waals surface area contributed by atoms with E-state index in [4.69, 9.17) is 28.7 Å². The molecule has 3 aromatic rings. The Hall–Kier alpha value is -5.84. The highest BCUT2D eigenvalue weighted by Crippen LogP contribution is 2.19. The predicted octanol–water partition coefficient (Wildman–Crippen LogP) is -1.37. The van der Waals surface area contributed by atoms with Gasteiger partial charge in [-0.1, -0.05) is 30.3 Å². The highest BCUT2D eigenvalue weighted by Gasteiger charge is 2.30. The summed E-state index contributed by atoms with van der Waals surface area (Å²) in [5.41, 5.74) is 30.0. The van der Waals surface area contributed by atoms with Crippen LogP contribution in [-0.2, 0) is 32.0 Å². The van der Waals surface area contributed by atoms with Crippen LogP contribution in [0.5, 0.6) is 5.75 Å². The van der Waals surface area contributed by atoms with Crippen LogP contribution in [0.1, 0.15) is 36.8 Å². The number of carboxylic acid groups (broad SMARTS) is 1. The van der Waals surface area contributed by atoms with Crippen molar-refractivity contribution in [2.75, 3.05) is 13.1 Å². The van der Waals surface area contributed by atoms with Crippen LogP contribution >= 0.6 is 0 Å². The summed E-state index contributed by atoms with van der Waals surface area (Å²) in [5.74, 6) is -3.59. The van der Waals surface area contributed by atoms with Crippen LogP contribution < -0.4 is 44.6 Å². The molecule has 4 atom stereocenters. The summed E-state index contributed by atoms with van der Waals surface area (Å²) in [6.45, 7) is 0.308. The number of hydrogen-bond acceptors (Lipinski definition) is 8. The Labute approximate surface area is 282 Å². The largest absolute Gasteiger partial charge is 0.508 e. The molecule has 264 valence electrons. The molecule has 16 N–H and O–H groups in total. The van der Waals surface area contributed by atoms with Crippen molar-refractivity contribution in [3.05, 3.63) is 65.9 Å². The van der Waals surface area contributed by atoms with Crippen LogP contribution in [0.15, 0.2) is 64.7 Å². The Bertz CT molecular complexity index is 1630. The van der Waals surface area contributed by atoms with Crippen LogP contribution in [0.3, 0.4) is 0 Å². The average molecular weight is 680 g/mol. The molecule has 0 aliphatic rings. The highest BCUT2D eigenvalue weighted by atomic mass is 16.4. The first kappa shape index (κ1) is 37.6. The van der Waals surface area contributed by atoms with E-state index in [1.165, 1.54) is 12.1 Å². The number of aromatic amines is 1. The number of aromatic nitrogens is 1. The fourth-order valence-corrected chi connectivity index (χ4v) is 5.07. The van der Waals surface area contributed by atoms with E-state index in [0.29, 0.717) is 11.1 Å². The second kappa shape index (κ2) is 18.5. The molecule has 0 aliphatic heterocycles. The molecule has 0 unspecified atom stereocenters. The normalized spacial score (nSPS) is 13.3. The molecular formula is C32H45N11O6. The number of aliphatic carboxylic acids is 1. The van der Waals surface area contributed by atoms with E-state index in [1.54, 1.807) is 18.3 Å². The maximum atomic E-state index is 13.7. The number of benzene rings is 2. The lowest BCUT2D eigenvalue weighted by atomic mass is 10.0. The van der Waals surface area contributed by atoms with Gasteiger partial charge in [0.25, 0.3) is 0 Å². The first-order chi connectivity index (χ1) is 23.3. The van der Waals surface area contributed by atoms with Gasteiger partial charge in [0.2, 0.25) is 17.7 Å². The number of H-pyrrole nitrogens is 1. The van der Waals surface area contributed by atoms with Gasteiger partial charge in [-0.3, -0.25) is 24.4 Å². The molecule has 1 aromatic heterocycles. The molecule has 0 spiro atoms. The third-order valence-electron chi connectivity index (χ3n) is 7.60. The van der Waals surface area contributed by atoms with Gasteiger partial charge >= 0.3 is 5.97 Å². The van der Waals surface area contributed by atoms with E-state index < -0.39 is 47.9 Å². The number of phenolic OH excluding ortho intramolecular Hbond substituents is 1. The van der Waals surface area contributed by atoms with Crippen molar-refractivity contribution in [2.24, 2.45) is 38.7 Å².